The van der Waals surface area contributed by atoms with Crippen molar-refractivity contribution in [2.75, 3.05) is 19.7 Å². The molecule has 0 saturated heterocycles. The van der Waals surface area contributed by atoms with Gasteiger partial charge in [0.25, 0.3) is 0 Å². The Morgan fingerprint density at radius 1 is 0.968 bits per heavy atom. The Hall–Kier alpha value is -0.200. The third-order valence-electron chi connectivity index (χ3n) is 10.7. The van der Waals surface area contributed by atoms with Gasteiger partial charge in [0.15, 0.2) is 0 Å². The number of hydrogen-bond acceptors (Lipinski definition) is 5. The highest BCUT2D eigenvalue weighted by atomic mass is 16.6. The lowest BCUT2D eigenvalue weighted by atomic mass is 9.43. The summed E-state index contributed by atoms with van der Waals surface area (Å²) in [6.45, 7) is 7.27. The highest BCUT2D eigenvalue weighted by Gasteiger charge is 2.66. The van der Waals surface area contributed by atoms with Gasteiger partial charge in [-0.05, 0) is 125 Å². The second kappa shape index (κ2) is 9.58. The fraction of sp³-hybridized carbons (Fsp3) is 1.00. The predicted octanol–water partition coefficient (Wildman–Crippen LogP) is 4.16. The highest BCUT2D eigenvalue weighted by molar-refractivity contribution is 5.16. The topological polar surface area (TPSA) is 87.7 Å². The lowest BCUT2D eigenvalue weighted by Crippen LogP contribution is -2.62. The van der Waals surface area contributed by atoms with Crippen LogP contribution in [0.2, 0.25) is 0 Å². The number of rotatable bonds is 9. The lowest BCUT2D eigenvalue weighted by Gasteiger charge is -2.63. The Kier molecular flexibility index (Phi) is 7.40. The standard InChI is InChI=1S/C26H48N2O3/c1-24-12-10-21(29)18-20(24)7-8-23-22(24)11-13-25(2)19(9-14-26(23,25)30)6-5-16-28-31-17-4-3-15-27/h19-23,28-30H,3-18,27H2,1-2H3/t19-,20+,21-,22-,23+,24-,25+,26-/m0/s1. The van der Waals surface area contributed by atoms with Crippen LogP contribution in [0.4, 0.5) is 0 Å². The first-order chi connectivity index (χ1) is 14.8. The Morgan fingerprint density at radius 3 is 2.61 bits per heavy atom. The first kappa shape index (κ1) is 23.9. The molecule has 5 heteroatoms. The quantitative estimate of drug-likeness (QED) is 0.322. The Morgan fingerprint density at radius 2 is 1.81 bits per heavy atom. The van der Waals surface area contributed by atoms with E-state index in [0.717, 1.165) is 71.1 Å². The van der Waals surface area contributed by atoms with Gasteiger partial charge < -0.3 is 20.8 Å². The van der Waals surface area contributed by atoms with Gasteiger partial charge in [0.05, 0.1) is 18.3 Å². The molecule has 0 aromatic heterocycles. The second-order valence-corrected chi connectivity index (χ2v) is 11.9. The van der Waals surface area contributed by atoms with Gasteiger partial charge in [0.1, 0.15) is 0 Å². The molecule has 0 unspecified atom stereocenters. The first-order valence-electron chi connectivity index (χ1n) is 13.3. The van der Waals surface area contributed by atoms with Gasteiger partial charge in [-0.1, -0.05) is 13.8 Å². The van der Waals surface area contributed by atoms with E-state index in [1.54, 1.807) is 0 Å². The molecule has 0 spiro atoms. The van der Waals surface area contributed by atoms with Gasteiger partial charge in [0, 0.05) is 6.54 Å². The van der Waals surface area contributed by atoms with E-state index in [2.05, 4.69) is 19.3 Å². The number of nitrogens with two attached hydrogens (primary N) is 1. The first-order valence-corrected chi connectivity index (χ1v) is 13.3. The summed E-state index contributed by atoms with van der Waals surface area (Å²) in [5.74, 6) is 2.37. The molecule has 0 bridgehead atoms. The molecule has 0 aliphatic heterocycles. The van der Waals surface area contributed by atoms with E-state index in [1.807, 2.05) is 0 Å². The van der Waals surface area contributed by atoms with E-state index in [1.165, 1.54) is 32.1 Å². The zero-order valence-electron chi connectivity index (χ0n) is 20.1. The van der Waals surface area contributed by atoms with Gasteiger partial charge in [-0.15, -0.1) is 0 Å². The van der Waals surface area contributed by atoms with Crippen molar-refractivity contribution < 1.29 is 15.1 Å². The number of nitrogens with one attached hydrogen (secondary N) is 1. The SMILES string of the molecule is C[C@]12CC[C@H](O)C[C@H]1CC[C@@H]1[C@@H]2CC[C@]2(C)[C@@H](CCCNOCCCCN)CC[C@]12O. The van der Waals surface area contributed by atoms with Crippen LogP contribution in [-0.4, -0.2) is 41.6 Å². The van der Waals surface area contributed by atoms with E-state index in [4.69, 9.17) is 10.6 Å². The molecule has 0 amide bonds. The van der Waals surface area contributed by atoms with E-state index >= 15 is 0 Å². The minimum absolute atomic E-state index is 0.0630. The monoisotopic (exact) mass is 436 g/mol. The Bertz CT molecular complexity index is 603. The summed E-state index contributed by atoms with van der Waals surface area (Å²) in [5, 5.41) is 22.5. The normalized spacial score (nSPS) is 46.9. The molecule has 4 aliphatic carbocycles. The number of fused-ring (bicyclic) bond motifs is 5. The van der Waals surface area contributed by atoms with Crippen LogP contribution in [0.3, 0.4) is 0 Å². The second-order valence-electron chi connectivity index (χ2n) is 11.9. The largest absolute Gasteiger partial charge is 0.393 e. The molecule has 5 nitrogen and oxygen atoms in total. The van der Waals surface area contributed by atoms with Crippen LogP contribution in [0.1, 0.15) is 97.3 Å². The molecule has 4 saturated carbocycles. The smallest absolute Gasteiger partial charge is 0.0734 e. The van der Waals surface area contributed by atoms with Crippen molar-refractivity contribution in [1.82, 2.24) is 5.48 Å². The van der Waals surface area contributed by atoms with Gasteiger partial charge in [-0.25, -0.2) is 5.48 Å². The van der Waals surface area contributed by atoms with Crippen molar-refractivity contribution in [3.63, 3.8) is 0 Å². The Labute approximate surface area is 189 Å². The van der Waals surface area contributed by atoms with Crippen molar-refractivity contribution in [2.45, 2.75) is 109 Å². The minimum Gasteiger partial charge on any atom is -0.393 e. The fourth-order valence-electron chi connectivity index (χ4n) is 8.66. The number of aliphatic hydroxyl groups excluding tert-OH is 1. The average molecular weight is 437 g/mol. The number of unbranched alkanes of at least 4 members (excludes halogenated alkanes) is 1. The zero-order chi connectivity index (χ0) is 22.1. The van der Waals surface area contributed by atoms with E-state index in [-0.39, 0.29) is 11.5 Å². The van der Waals surface area contributed by atoms with Crippen LogP contribution in [0.15, 0.2) is 0 Å². The summed E-state index contributed by atoms with van der Waals surface area (Å²) in [7, 11) is 0. The van der Waals surface area contributed by atoms with Crippen LogP contribution in [0.5, 0.6) is 0 Å². The molecular weight excluding hydrogens is 388 g/mol. The molecule has 4 aliphatic rings. The number of hydrogen-bond donors (Lipinski definition) is 4. The summed E-state index contributed by atoms with van der Waals surface area (Å²) in [5.41, 5.74) is 8.54. The van der Waals surface area contributed by atoms with Crippen LogP contribution in [0, 0.1) is 34.5 Å². The lowest BCUT2D eigenvalue weighted by molar-refractivity contribution is -0.210. The highest BCUT2D eigenvalue weighted by Crippen LogP contribution is 2.69. The van der Waals surface area contributed by atoms with E-state index < -0.39 is 5.60 Å². The van der Waals surface area contributed by atoms with E-state index in [9.17, 15) is 10.2 Å². The molecule has 0 aromatic rings. The molecule has 0 aromatic carbocycles. The van der Waals surface area contributed by atoms with Crippen molar-refractivity contribution in [1.29, 1.82) is 0 Å². The molecule has 8 atom stereocenters. The Balaban J connectivity index is 1.34. The number of aliphatic hydroxyl groups is 2. The third-order valence-corrected chi connectivity index (χ3v) is 10.7. The van der Waals surface area contributed by atoms with Crippen LogP contribution >= 0.6 is 0 Å². The molecule has 4 fully saturated rings. The summed E-state index contributed by atoms with van der Waals surface area (Å²) in [6.07, 6.45) is 14.3. The summed E-state index contributed by atoms with van der Waals surface area (Å²) < 4.78 is 0. The molecule has 5 N–H and O–H groups in total. The summed E-state index contributed by atoms with van der Waals surface area (Å²) >= 11 is 0. The summed E-state index contributed by atoms with van der Waals surface area (Å²) in [4.78, 5) is 5.52. The average Bonchev–Trinajstić information content (AvgIpc) is 3.01. The molecule has 0 heterocycles. The number of hydroxylamine groups is 1. The van der Waals surface area contributed by atoms with Crippen LogP contribution in [-0.2, 0) is 4.84 Å². The van der Waals surface area contributed by atoms with Crippen LogP contribution in [0.25, 0.3) is 0 Å². The maximum Gasteiger partial charge on any atom is 0.0734 e. The van der Waals surface area contributed by atoms with Crippen molar-refractivity contribution >= 4 is 0 Å². The minimum atomic E-state index is -0.489. The molecular formula is C26H48N2O3. The molecule has 31 heavy (non-hydrogen) atoms. The van der Waals surface area contributed by atoms with Gasteiger partial charge in [0.2, 0.25) is 0 Å². The zero-order valence-corrected chi connectivity index (χ0v) is 20.1. The van der Waals surface area contributed by atoms with Crippen molar-refractivity contribution in [3.05, 3.63) is 0 Å². The van der Waals surface area contributed by atoms with Crippen molar-refractivity contribution in [2.24, 2.45) is 40.2 Å². The molecule has 180 valence electrons. The maximum absolute atomic E-state index is 12.2. The molecule has 0 radical (unpaired) electrons. The van der Waals surface area contributed by atoms with Gasteiger partial charge in [-0.3, -0.25) is 0 Å². The van der Waals surface area contributed by atoms with E-state index in [0.29, 0.717) is 29.1 Å². The maximum atomic E-state index is 12.2. The molecule has 4 rings (SSSR count). The predicted molar refractivity (Wildman–Crippen MR) is 124 cm³/mol. The van der Waals surface area contributed by atoms with Gasteiger partial charge in [-0.2, -0.15) is 0 Å². The van der Waals surface area contributed by atoms with Crippen LogP contribution < -0.4 is 11.2 Å². The third kappa shape index (κ3) is 4.23. The fourth-order valence-corrected chi connectivity index (χ4v) is 8.66. The van der Waals surface area contributed by atoms with Gasteiger partial charge >= 0.3 is 0 Å². The summed E-state index contributed by atoms with van der Waals surface area (Å²) in [6, 6.07) is 0. The van der Waals surface area contributed by atoms with Crippen molar-refractivity contribution in [3.8, 4) is 0 Å².